The van der Waals surface area contributed by atoms with E-state index < -0.39 is 0 Å². The van der Waals surface area contributed by atoms with Crippen LogP contribution in [0.3, 0.4) is 0 Å². The average Bonchev–Trinajstić information content (AvgIpc) is 2.50. The Morgan fingerprint density at radius 3 is 2.50 bits per heavy atom. The molecule has 0 fully saturated rings. The lowest BCUT2D eigenvalue weighted by molar-refractivity contribution is -0.113. The molecule has 22 heavy (non-hydrogen) atoms. The summed E-state index contributed by atoms with van der Waals surface area (Å²) in [6, 6.07) is 7.23. The molecule has 0 bridgehead atoms. The number of hydrogen-bond acceptors (Lipinski definition) is 1. The molecule has 2 nitrogen and oxygen atoms in total. The van der Waals surface area contributed by atoms with Crippen LogP contribution in [0.15, 0.2) is 48.1 Å². The van der Waals surface area contributed by atoms with Crippen LogP contribution >= 0.6 is 11.6 Å². The molecule has 0 radical (unpaired) electrons. The van der Waals surface area contributed by atoms with Crippen LogP contribution in [-0.2, 0) is 4.79 Å². The third-order valence-electron chi connectivity index (χ3n) is 3.57. The molecule has 0 atom stereocenters. The van der Waals surface area contributed by atoms with Gasteiger partial charge in [0.15, 0.2) is 0 Å². The number of hydrogen-bond donors (Lipinski definition) is 1. The Labute approximate surface area is 139 Å². The highest BCUT2D eigenvalue weighted by Crippen LogP contribution is 2.22. The van der Waals surface area contributed by atoms with Crippen molar-refractivity contribution in [1.29, 1.82) is 0 Å². The van der Waals surface area contributed by atoms with E-state index in [-0.39, 0.29) is 5.91 Å². The predicted molar refractivity (Wildman–Crippen MR) is 96.4 cm³/mol. The quantitative estimate of drug-likeness (QED) is 0.430. The number of carbonyl (C=O) groups excluding carboxylic acids is 1. The highest BCUT2D eigenvalue weighted by atomic mass is 35.5. The van der Waals surface area contributed by atoms with Gasteiger partial charge >= 0.3 is 0 Å². The van der Waals surface area contributed by atoms with E-state index in [2.05, 4.69) is 25.7 Å². The van der Waals surface area contributed by atoms with Crippen LogP contribution in [0, 0.1) is 0 Å². The Kier molecular flexibility index (Phi) is 8.61. The summed E-state index contributed by atoms with van der Waals surface area (Å²) in [7, 11) is 0. The number of anilines is 1. The van der Waals surface area contributed by atoms with Crippen molar-refractivity contribution in [2.45, 2.75) is 52.4 Å². The smallest absolute Gasteiger partial charge is 0.251 e. The maximum absolute atomic E-state index is 12.6. The molecule has 0 aliphatic heterocycles. The molecule has 1 aromatic carbocycles. The molecule has 1 amide bonds. The molecule has 0 saturated heterocycles. The Morgan fingerprint density at radius 1 is 1.23 bits per heavy atom. The van der Waals surface area contributed by atoms with Gasteiger partial charge in [-0.2, -0.15) is 0 Å². The number of unbranched alkanes of at least 4 members (excludes halogenated alkanes) is 2. The summed E-state index contributed by atoms with van der Waals surface area (Å²) >= 11 is 5.97. The number of allylic oxidation sites excluding steroid dienone is 2. The number of benzene rings is 1. The van der Waals surface area contributed by atoms with Gasteiger partial charge in [-0.1, -0.05) is 57.0 Å². The number of amides is 1. The standard InChI is InChI=1S/C19H26ClNO/c1-4-7-10-15(6-3)18(13-8-5-2)19(22)21-17-12-9-11-16(20)14-17/h6,9,11-12,14H,3-5,7-8,10,13H2,1-2H3,(H,21,22)/b18-15+. The summed E-state index contributed by atoms with van der Waals surface area (Å²) in [6.45, 7) is 8.17. The first-order valence-corrected chi connectivity index (χ1v) is 8.41. The first-order valence-electron chi connectivity index (χ1n) is 8.03. The lowest BCUT2D eigenvalue weighted by Crippen LogP contribution is -2.16. The van der Waals surface area contributed by atoms with E-state index in [9.17, 15) is 4.79 Å². The zero-order valence-electron chi connectivity index (χ0n) is 13.6. The summed E-state index contributed by atoms with van der Waals surface area (Å²) < 4.78 is 0. The Balaban J connectivity index is 2.96. The highest BCUT2D eigenvalue weighted by Gasteiger charge is 2.14. The van der Waals surface area contributed by atoms with Crippen molar-refractivity contribution in [3.8, 4) is 0 Å². The fraction of sp³-hybridized carbons (Fsp3) is 0.421. The van der Waals surface area contributed by atoms with Crippen LogP contribution in [0.5, 0.6) is 0 Å². The van der Waals surface area contributed by atoms with Gasteiger partial charge in [0.25, 0.3) is 5.91 Å². The Morgan fingerprint density at radius 2 is 1.91 bits per heavy atom. The zero-order chi connectivity index (χ0) is 16.4. The molecule has 0 spiro atoms. The third-order valence-corrected chi connectivity index (χ3v) is 3.81. The fourth-order valence-corrected chi connectivity index (χ4v) is 2.48. The van der Waals surface area contributed by atoms with Crippen molar-refractivity contribution >= 4 is 23.2 Å². The van der Waals surface area contributed by atoms with Crippen molar-refractivity contribution < 1.29 is 4.79 Å². The summed E-state index contributed by atoms with van der Waals surface area (Å²) in [6.07, 6.45) is 7.76. The second-order valence-corrected chi connectivity index (χ2v) is 5.82. The topological polar surface area (TPSA) is 29.1 Å². The molecule has 0 aromatic heterocycles. The molecular weight excluding hydrogens is 294 g/mol. The van der Waals surface area contributed by atoms with Gasteiger partial charge in [-0.3, -0.25) is 4.79 Å². The van der Waals surface area contributed by atoms with Gasteiger partial charge in [-0.05, 0) is 49.5 Å². The first kappa shape index (κ1) is 18.5. The van der Waals surface area contributed by atoms with Crippen LogP contribution in [0.1, 0.15) is 52.4 Å². The van der Waals surface area contributed by atoms with Gasteiger partial charge in [-0.15, -0.1) is 0 Å². The highest BCUT2D eigenvalue weighted by molar-refractivity contribution is 6.30. The minimum atomic E-state index is -0.0401. The average molecular weight is 320 g/mol. The van der Waals surface area contributed by atoms with Crippen molar-refractivity contribution in [3.63, 3.8) is 0 Å². The fourth-order valence-electron chi connectivity index (χ4n) is 2.29. The largest absolute Gasteiger partial charge is 0.322 e. The van der Waals surface area contributed by atoms with Crippen molar-refractivity contribution in [2.24, 2.45) is 0 Å². The van der Waals surface area contributed by atoms with Crippen LogP contribution in [0.2, 0.25) is 5.02 Å². The van der Waals surface area contributed by atoms with Gasteiger partial charge in [0.1, 0.15) is 0 Å². The number of halogens is 1. The van der Waals surface area contributed by atoms with E-state index in [1.807, 2.05) is 18.2 Å². The van der Waals surface area contributed by atoms with Crippen LogP contribution in [-0.4, -0.2) is 5.91 Å². The Hall–Kier alpha value is -1.54. The third kappa shape index (κ3) is 6.07. The minimum absolute atomic E-state index is 0.0401. The van der Waals surface area contributed by atoms with Crippen molar-refractivity contribution in [3.05, 3.63) is 53.1 Å². The summed E-state index contributed by atoms with van der Waals surface area (Å²) in [5.41, 5.74) is 2.64. The molecule has 1 N–H and O–H groups in total. The van der Waals surface area contributed by atoms with E-state index in [4.69, 9.17) is 11.6 Å². The molecule has 0 heterocycles. The van der Waals surface area contributed by atoms with Crippen LogP contribution in [0.4, 0.5) is 5.69 Å². The van der Waals surface area contributed by atoms with Gasteiger partial charge in [0.2, 0.25) is 0 Å². The molecule has 0 unspecified atom stereocenters. The van der Waals surface area contributed by atoms with Crippen molar-refractivity contribution in [2.75, 3.05) is 5.32 Å². The number of nitrogens with one attached hydrogen (secondary N) is 1. The van der Waals surface area contributed by atoms with Gasteiger partial charge < -0.3 is 5.32 Å². The monoisotopic (exact) mass is 319 g/mol. The van der Waals surface area contributed by atoms with E-state index >= 15 is 0 Å². The Bertz CT molecular complexity index is 534. The maximum Gasteiger partial charge on any atom is 0.251 e. The summed E-state index contributed by atoms with van der Waals surface area (Å²) in [5.74, 6) is -0.0401. The molecule has 1 rings (SSSR count). The molecular formula is C19H26ClNO. The number of rotatable bonds is 9. The SMILES string of the molecule is C=C/C(CCCC)=C(/CCCC)C(=O)Nc1cccc(Cl)c1. The van der Waals surface area contributed by atoms with E-state index in [1.54, 1.807) is 12.1 Å². The van der Waals surface area contributed by atoms with Gasteiger partial charge in [-0.25, -0.2) is 0 Å². The summed E-state index contributed by atoms with van der Waals surface area (Å²) in [4.78, 5) is 12.6. The lowest BCUT2D eigenvalue weighted by atomic mass is 9.97. The normalized spacial score (nSPS) is 11.8. The first-order chi connectivity index (χ1) is 10.6. The molecule has 1 aromatic rings. The minimum Gasteiger partial charge on any atom is -0.322 e. The molecule has 3 heteroatoms. The van der Waals surface area contributed by atoms with Crippen molar-refractivity contribution in [1.82, 2.24) is 0 Å². The molecule has 0 aliphatic rings. The van der Waals surface area contributed by atoms with Gasteiger partial charge in [0, 0.05) is 16.3 Å². The predicted octanol–water partition coefficient (Wildman–Crippen LogP) is 6.14. The maximum atomic E-state index is 12.6. The van der Waals surface area contributed by atoms with Crippen LogP contribution < -0.4 is 5.32 Å². The van der Waals surface area contributed by atoms with Crippen LogP contribution in [0.25, 0.3) is 0 Å². The lowest BCUT2D eigenvalue weighted by Gasteiger charge is -2.13. The molecule has 120 valence electrons. The zero-order valence-corrected chi connectivity index (χ0v) is 14.4. The second-order valence-electron chi connectivity index (χ2n) is 5.38. The van der Waals surface area contributed by atoms with Gasteiger partial charge in [0.05, 0.1) is 0 Å². The second kappa shape index (κ2) is 10.2. The van der Waals surface area contributed by atoms with E-state index in [0.717, 1.165) is 55.4 Å². The molecule has 0 aliphatic carbocycles. The molecule has 0 saturated carbocycles. The summed E-state index contributed by atoms with van der Waals surface area (Å²) in [5, 5.41) is 3.57. The van der Waals surface area contributed by atoms with E-state index in [0.29, 0.717) is 5.02 Å². The van der Waals surface area contributed by atoms with E-state index in [1.165, 1.54) is 0 Å². The number of carbonyl (C=O) groups is 1.